The Hall–Kier alpha value is -1.63. The first-order valence-corrected chi connectivity index (χ1v) is 10.1. The summed E-state index contributed by atoms with van der Waals surface area (Å²) in [4.78, 5) is 0.171. The molecule has 0 aromatic heterocycles. The third kappa shape index (κ3) is 2.68. The minimum Gasteiger partial charge on any atom is -0.378 e. The van der Waals surface area contributed by atoms with Crippen LogP contribution in [-0.2, 0) is 10.0 Å². The zero-order valence-electron chi connectivity index (χ0n) is 12.8. The Bertz CT molecular complexity index is 923. The smallest absolute Gasteiger partial charge is 0.238 e. The summed E-state index contributed by atoms with van der Waals surface area (Å²) >= 11 is 3.48. The Kier molecular flexibility index (Phi) is 3.78. The number of nitrogens with two attached hydrogens (primary N) is 1. The van der Waals surface area contributed by atoms with Crippen LogP contribution in [0.2, 0.25) is 0 Å². The molecule has 2 aromatic rings. The highest BCUT2D eigenvalue weighted by Crippen LogP contribution is 2.50. The van der Waals surface area contributed by atoms with Gasteiger partial charge in [-0.1, -0.05) is 40.2 Å². The molecule has 0 amide bonds. The second-order valence-corrected chi connectivity index (χ2v) is 8.80. The first kappa shape index (κ1) is 15.9. The van der Waals surface area contributed by atoms with Crippen LogP contribution < -0.4 is 10.5 Å². The molecule has 1 aliphatic heterocycles. The normalized spacial score (nSPS) is 25.0. The van der Waals surface area contributed by atoms with Crippen LogP contribution in [0.5, 0.6) is 0 Å². The van der Waals surface area contributed by atoms with Crippen LogP contribution in [0.4, 0.5) is 5.69 Å². The summed E-state index contributed by atoms with van der Waals surface area (Å²) in [7, 11) is -3.69. The van der Waals surface area contributed by atoms with Gasteiger partial charge in [-0.25, -0.2) is 13.6 Å². The van der Waals surface area contributed by atoms with Gasteiger partial charge in [0.25, 0.3) is 0 Å². The molecule has 0 bridgehead atoms. The van der Waals surface area contributed by atoms with Gasteiger partial charge in [0.1, 0.15) is 0 Å². The van der Waals surface area contributed by atoms with Crippen molar-refractivity contribution >= 4 is 31.6 Å². The topological polar surface area (TPSA) is 72.2 Å². The second-order valence-electron chi connectivity index (χ2n) is 6.32. The lowest BCUT2D eigenvalue weighted by molar-refractivity contribution is 0.425. The van der Waals surface area contributed by atoms with Crippen molar-refractivity contribution < 1.29 is 8.42 Å². The summed E-state index contributed by atoms with van der Waals surface area (Å²) in [6.45, 7) is 0. The zero-order valence-corrected chi connectivity index (χ0v) is 15.2. The van der Waals surface area contributed by atoms with Gasteiger partial charge in [0.05, 0.1) is 10.9 Å². The van der Waals surface area contributed by atoms with E-state index in [9.17, 15) is 8.42 Å². The van der Waals surface area contributed by atoms with Crippen LogP contribution >= 0.6 is 15.9 Å². The lowest BCUT2D eigenvalue weighted by atomic mass is 9.77. The molecule has 1 aliphatic carbocycles. The lowest BCUT2D eigenvalue weighted by Crippen LogP contribution is -2.29. The molecule has 124 valence electrons. The van der Waals surface area contributed by atoms with Crippen LogP contribution in [0.15, 0.2) is 64.0 Å². The van der Waals surface area contributed by atoms with Crippen molar-refractivity contribution in [1.29, 1.82) is 0 Å². The summed E-state index contributed by atoms with van der Waals surface area (Å²) in [5.74, 6) is 0.575. The molecule has 4 nitrogen and oxygen atoms in total. The summed E-state index contributed by atoms with van der Waals surface area (Å²) in [6, 6.07) is 13.7. The molecule has 2 aromatic carbocycles. The first-order chi connectivity index (χ1) is 11.4. The van der Waals surface area contributed by atoms with Gasteiger partial charge >= 0.3 is 0 Å². The number of rotatable bonds is 2. The molecular formula is C18H17BrN2O2S. The van der Waals surface area contributed by atoms with Gasteiger partial charge in [0.15, 0.2) is 0 Å². The van der Waals surface area contributed by atoms with Crippen molar-refractivity contribution in [2.24, 2.45) is 11.1 Å². The maximum absolute atomic E-state index is 11.7. The summed E-state index contributed by atoms with van der Waals surface area (Å²) < 4.78 is 24.4. The van der Waals surface area contributed by atoms with Crippen LogP contribution in [0.25, 0.3) is 0 Å². The Morgan fingerprint density at radius 2 is 1.88 bits per heavy atom. The number of hydrogen-bond acceptors (Lipinski definition) is 3. The zero-order chi connectivity index (χ0) is 16.9. The minimum atomic E-state index is -3.69. The predicted molar refractivity (Wildman–Crippen MR) is 98.3 cm³/mol. The molecular weight excluding hydrogens is 388 g/mol. The molecule has 0 fully saturated rings. The van der Waals surface area contributed by atoms with Gasteiger partial charge < -0.3 is 5.32 Å². The summed E-state index contributed by atoms with van der Waals surface area (Å²) in [5, 5.41) is 8.88. The number of halogens is 1. The number of nitrogens with one attached hydrogen (secondary N) is 1. The number of benzene rings is 2. The van der Waals surface area contributed by atoms with E-state index in [1.54, 1.807) is 12.1 Å². The van der Waals surface area contributed by atoms with Crippen LogP contribution in [0.1, 0.15) is 29.5 Å². The van der Waals surface area contributed by atoms with E-state index in [0.29, 0.717) is 5.92 Å². The Morgan fingerprint density at radius 1 is 1.12 bits per heavy atom. The molecule has 0 spiro atoms. The largest absolute Gasteiger partial charge is 0.378 e. The lowest BCUT2D eigenvalue weighted by Gasteiger charge is -2.37. The van der Waals surface area contributed by atoms with Crippen molar-refractivity contribution in [3.8, 4) is 0 Å². The average Bonchev–Trinajstić information content (AvgIpc) is 3.03. The van der Waals surface area contributed by atoms with Crippen molar-refractivity contribution in [2.45, 2.75) is 23.3 Å². The van der Waals surface area contributed by atoms with E-state index in [0.717, 1.165) is 22.1 Å². The molecule has 6 heteroatoms. The standard InChI is InChI=1S/C18H17BrN2O2S/c19-12-6-4-11(5-7-12)18-15-3-1-2-14(15)16-10-13(24(20,22)23)8-9-17(16)21-18/h1-2,4-10,14-15,18,21H,3H2,(H2,20,22,23)/t14-,15+,18-/m0/s1. The minimum absolute atomic E-state index is 0.171. The molecule has 4 rings (SSSR count). The van der Waals surface area contributed by atoms with Crippen LogP contribution in [-0.4, -0.2) is 8.42 Å². The van der Waals surface area contributed by atoms with Gasteiger partial charge in [-0.2, -0.15) is 0 Å². The van der Waals surface area contributed by atoms with E-state index in [-0.39, 0.29) is 16.9 Å². The molecule has 0 radical (unpaired) electrons. The molecule has 3 N–H and O–H groups in total. The van der Waals surface area contributed by atoms with Gasteiger partial charge in [0.2, 0.25) is 10.0 Å². The molecule has 0 unspecified atom stereocenters. The predicted octanol–water partition coefficient (Wildman–Crippen LogP) is 3.92. The number of hydrogen-bond donors (Lipinski definition) is 2. The average molecular weight is 405 g/mol. The molecule has 0 saturated carbocycles. The number of anilines is 1. The van der Waals surface area contributed by atoms with Crippen LogP contribution in [0.3, 0.4) is 0 Å². The Labute approximate surface area is 149 Å². The quantitative estimate of drug-likeness (QED) is 0.744. The molecule has 2 aliphatic rings. The number of sulfonamides is 1. The van der Waals surface area contributed by atoms with Crippen molar-refractivity contribution in [3.05, 3.63) is 70.2 Å². The van der Waals surface area contributed by atoms with Gasteiger partial charge in [0, 0.05) is 16.1 Å². The Balaban J connectivity index is 1.79. The number of allylic oxidation sites excluding steroid dienone is 2. The monoisotopic (exact) mass is 404 g/mol. The van der Waals surface area contributed by atoms with E-state index in [4.69, 9.17) is 5.14 Å². The second kappa shape index (κ2) is 5.72. The molecule has 3 atom stereocenters. The highest BCUT2D eigenvalue weighted by molar-refractivity contribution is 9.10. The van der Waals surface area contributed by atoms with Gasteiger partial charge in [-0.05, 0) is 53.8 Å². The Morgan fingerprint density at radius 3 is 2.58 bits per heavy atom. The fourth-order valence-corrected chi connectivity index (χ4v) is 4.56. The van der Waals surface area contributed by atoms with E-state index >= 15 is 0 Å². The third-order valence-electron chi connectivity index (χ3n) is 4.89. The first-order valence-electron chi connectivity index (χ1n) is 7.79. The van der Waals surface area contributed by atoms with Crippen molar-refractivity contribution in [2.75, 3.05) is 5.32 Å². The van der Waals surface area contributed by atoms with E-state index in [1.807, 2.05) is 18.2 Å². The maximum Gasteiger partial charge on any atom is 0.238 e. The third-order valence-corrected chi connectivity index (χ3v) is 6.33. The van der Waals surface area contributed by atoms with Crippen molar-refractivity contribution in [3.63, 3.8) is 0 Å². The summed E-state index contributed by atoms with van der Waals surface area (Å²) in [5.41, 5.74) is 3.22. The van der Waals surface area contributed by atoms with Gasteiger partial charge in [-0.15, -0.1) is 0 Å². The molecule has 0 saturated heterocycles. The van der Waals surface area contributed by atoms with Crippen LogP contribution in [0, 0.1) is 5.92 Å². The van der Waals surface area contributed by atoms with E-state index in [2.05, 4.69) is 45.5 Å². The molecule has 24 heavy (non-hydrogen) atoms. The summed E-state index contributed by atoms with van der Waals surface area (Å²) in [6.07, 6.45) is 5.34. The van der Waals surface area contributed by atoms with Gasteiger partial charge in [-0.3, -0.25) is 0 Å². The fraction of sp³-hybridized carbons (Fsp3) is 0.222. The van der Waals surface area contributed by atoms with E-state index < -0.39 is 10.0 Å². The highest BCUT2D eigenvalue weighted by Gasteiger charge is 2.38. The SMILES string of the molecule is NS(=O)(=O)c1ccc2c(c1)[C@H]1C=CC[C@H]1[C@H](c1ccc(Br)cc1)N2. The van der Waals surface area contributed by atoms with Crippen molar-refractivity contribution in [1.82, 2.24) is 0 Å². The highest BCUT2D eigenvalue weighted by atomic mass is 79.9. The molecule has 1 heterocycles. The van der Waals surface area contributed by atoms with E-state index in [1.165, 1.54) is 5.56 Å². The fourth-order valence-electron chi connectivity index (χ4n) is 3.75. The number of primary sulfonamides is 1. The number of fused-ring (bicyclic) bond motifs is 3. The maximum atomic E-state index is 11.7.